The van der Waals surface area contributed by atoms with Crippen LogP contribution in [0.1, 0.15) is 5.01 Å². The second-order valence-electron chi connectivity index (χ2n) is 2.21. The first-order chi connectivity index (χ1) is 5.25. The van der Waals surface area contributed by atoms with Gasteiger partial charge < -0.3 is 0 Å². The molecule has 2 heterocycles. The van der Waals surface area contributed by atoms with Gasteiger partial charge in [0.15, 0.2) is 0 Å². The molecule has 2 aromatic rings. The van der Waals surface area contributed by atoms with Crippen molar-refractivity contribution >= 4 is 33.2 Å². The minimum Gasteiger partial charge on any atom is -0.243 e. The Morgan fingerprint density at radius 1 is 1.55 bits per heavy atom. The second kappa shape index (κ2) is 2.43. The molecular formula is C7H5ClN2S. The summed E-state index contributed by atoms with van der Waals surface area (Å²) in [4.78, 5) is 8.22. The van der Waals surface area contributed by atoms with Crippen molar-refractivity contribution < 1.29 is 0 Å². The highest BCUT2D eigenvalue weighted by molar-refractivity contribution is 7.18. The Morgan fingerprint density at radius 2 is 2.36 bits per heavy atom. The summed E-state index contributed by atoms with van der Waals surface area (Å²) in [5.74, 6) is 0. The Morgan fingerprint density at radius 3 is 3.18 bits per heavy atom. The van der Waals surface area contributed by atoms with Gasteiger partial charge in [-0.05, 0) is 6.92 Å². The number of thiazole rings is 1. The van der Waals surface area contributed by atoms with Crippen LogP contribution in [0.3, 0.4) is 0 Å². The van der Waals surface area contributed by atoms with Gasteiger partial charge in [-0.15, -0.1) is 11.3 Å². The van der Waals surface area contributed by atoms with Crippen molar-refractivity contribution in [1.29, 1.82) is 0 Å². The van der Waals surface area contributed by atoms with Crippen LogP contribution in [0.15, 0.2) is 12.3 Å². The second-order valence-corrected chi connectivity index (χ2v) is 3.83. The molecule has 2 nitrogen and oxygen atoms in total. The van der Waals surface area contributed by atoms with Gasteiger partial charge in [-0.1, -0.05) is 11.6 Å². The summed E-state index contributed by atoms with van der Waals surface area (Å²) in [5, 5.41) is 1.55. The minimum atomic E-state index is 0.503. The van der Waals surface area contributed by atoms with Gasteiger partial charge in [-0.2, -0.15) is 0 Å². The molecule has 0 bridgehead atoms. The van der Waals surface area contributed by atoms with Gasteiger partial charge in [0.05, 0.1) is 15.2 Å². The fraction of sp³-hybridized carbons (Fsp3) is 0.143. The molecule has 0 amide bonds. The van der Waals surface area contributed by atoms with E-state index in [1.807, 2.05) is 6.92 Å². The first-order valence-electron chi connectivity index (χ1n) is 3.14. The monoisotopic (exact) mass is 184 g/mol. The fourth-order valence-electron chi connectivity index (χ4n) is 0.925. The highest BCUT2D eigenvalue weighted by Crippen LogP contribution is 2.22. The average Bonchev–Trinajstić information content (AvgIpc) is 2.27. The standard InChI is InChI=1S/C7H5ClN2S/c1-4-10-5-2-7(8)9-3-6(5)11-4/h2-3H,1H3. The maximum absolute atomic E-state index is 5.68. The molecule has 2 aromatic heterocycles. The predicted octanol–water partition coefficient (Wildman–Crippen LogP) is 2.65. The third-order valence-corrected chi connectivity index (χ3v) is 2.48. The van der Waals surface area contributed by atoms with Crippen molar-refractivity contribution in [3.63, 3.8) is 0 Å². The average molecular weight is 185 g/mol. The summed E-state index contributed by atoms with van der Waals surface area (Å²) in [7, 11) is 0. The topological polar surface area (TPSA) is 25.8 Å². The van der Waals surface area contributed by atoms with E-state index in [-0.39, 0.29) is 0 Å². The molecule has 0 atom stereocenters. The van der Waals surface area contributed by atoms with Crippen LogP contribution in [0.25, 0.3) is 10.2 Å². The van der Waals surface area contributed by atoms with E-state index >= 15 is 0 Å². The first-order valence-corrected chi connectivity index (χ1v) is 4.34. The molecule has 0 saturated heterocycles. The van der Waals surface area contributed by atoms with Gasteiger partial charge in [0.1, 0.15) is 5.15 Å². The van der Waals surface area contributed by atoms with Crippen LogP contribution in [0.5, 0.6) is 0 Å². The molecule has 0 saturated carbocycles. The molecule has 2 rings (SSSR count). The summed E-state index contributed by atoms with van der Waals surface area (Å²) in [6.07, 6.45) is 1.75. The van der Waals surface area contributed by atoms with E-state index in [2.05, 4.69) is 9.97 Å². The number of pyridine rings is 1. The molecule has 0 aromatic carbocycles. The van der Waals surface area contributed by atoms with E-state index in [0.29, 0.717) is 5.15 Å². The lowest BCUT2D eigenvalue weighted by atomic mass is 10.4. The molecule has 0 radical (unpaired) electrons. The number of fused-ring (bicyclic) bond motifs is 1. The third kappa shape index (κ3) is 1.21. The van der Waals surface area contributed by atoms with E-state index < -0.39 is 0 Å². The fourth-order valence-corrected chi connectivity index (χ4v) is 1.85. The van der Waals surface area contributed by atoms with E-state index in [9.17, 15) is 0 Å². The lowest BCUT2D eigenvalue weighted by Gasteiger charge is -1.85. The van der Waals surface area contributed by atoms with Gasteiger partial charge in [0, 0.05) is 12.3 Å². The van der Waals surface area contributed by atoms with Crippen molar-refractivity contribution in [2.75, 3.05) is 0 Å². The molecule has 56 valence electrons. The summed E-state index contributed by atoms with van der Waals surface area (Å²) in [6, 6.07) is 1.78. The van der Waals surface area contributed by atoms with Gasteiger partial charge in [0.25, 0.3) is 0 Å². The van der Waals surface area contributed by atoms with E-state index in [1.54, 1.807) is 23.6 Å². The van der Waals surface area contributed by atoms with Gasteiger partial charge >= 0.3 is 0 Å². The summed E-state index contributed by atoms with van der Waals surface area (Å²) in [5.41, 5.74) is 0.938. The van der Waals surface area contributed by atoms with Crippen LogP contribution in [-0.2, 0) is 0 Å². The molecule has 4 heteroatoms. The zero-order valence-electron chi connectivity index (χ0n) is 5.84. The largest absolute Gasteiger partial charge is 0.243 e. The van der Waals surface area contributed by atoms with E-state index in [0.717, 1.165) is 15.2 Å². The Hall–Kier alpha value is -0.670. The number of nitrogens with zero attached hydrogens (tertiary/aromatic N) is 2. The Labute approximate surface area is 72.9 Å². The predicted molar refractivity (Wildman–Crippen MR) is 47.2 cm³/mol. The highest BCUT2D eigenvalue weighted by atomic mass is 35.5. The Bertz CT molecular complexity index is 396. The van der Waals surface area contributed by atoms with Crippen LogP contribution in [0, 0.1) is 6.92 Å². The molecule has 0 fully saturated rings. The number of hydrogen-bond acceptors (Lipinski definition) is 3. The molecule has 0 spiro atoms. The van der Waals surface area contributed by atoms with Crippen molar-refractivity contribution in [2.24, 2.45) is 0 Å². The molecule has 0 aliphatic carbocycles. The summed E-state index contributed by atoms with van der Waals surface area (Å²) in [6.45, 7) is 1.97. The molecule has 11 heavy (non-hydrogen) atoms. The minimum absolute atomic E-state index is 0.503. The first kappa shape index (κ1) is 7.00. The zero-order valence-corrected chi connectivity index (χ0v) is 7.41. The van der Waals surface area contributed by atoms with E-state index in [1.165, 1.54) is 0 Å². The smallest absolute Gasteiger partial charge is 0.131 e. The molecule has 0 aliphatic rings. The SMILES string of the molecule is Cc1nc2cc(Cl)ncc2s1. The number of aromatic nitrogens is 2. The molecule has 0 N–H and O–H groups in total. The maximum Gasteiger partial charge on any atom is 0.131 e. The summed E-state index contributed by atoms with van der Waals surface area (Å²) < 4.78 is 1.09. The lowest BCUT2D eigenvalue weighted by molar-refractivity contribution is 1.32. The number of rotatable bonds is 0. The van der Waals surface area contributed by atoms with Crippen LogP contribution in [0.2, 0.25) is 5.15 Å². The third-order valence-electron chi connectivity index (χ3n) is 1.35. The molecule has 0 aliphatic heterocycles. The number of hydrogen-bond donors (Lipinski definition) is 0. The van der Waals surface area contributed by atoms with Crippen LogP contribution in [-0.4, -0.2) is 9.97 Å². The molecular weight excluding hydrogens is 180 g/mol. The van der Waals surface area contributed by atoms with Crippen molar-refractivity contribution in [3.8, 4) is 0 Å². The van der Waals surface area contributed by atoms with Crippen molar-refractivity contribution in [2.45, 2.75) is 6.92 Å². The summed E-state index contributed by atoms with van der Waals surface area (Å²) >= 11 is 7.31. The Kier molecular flexibility index (Phi) is 1.55. The lowest BCUT2D eigenvalue weighted by Crippen LogP contribution is -1.72. The van der Waals surface area contributed by atoms with Crippen LogP contribution in [0.4, 0.5) is 0 Å². The van der Waals surface area contributed by atoms with Crippen LogP contribution >= 0.6 is 22.9 Å². The number of aryl methyl sites for hydroxylation is 1. The highest BCUT2D eigenvalue weighted by Gasteiger charge is 2.00. The zero-order chi connectivity index (χ0) is 7.84. The van der Waals surface area contributed by atoms with E-state index in [4.69, 9.17) is 11.6 Å². The van der Waals surface area contributed by atoms with Crippen molar-refractivity contribution in [3.05, 3.63) is 22.4 Å². The van der Waals surface area contributed by atoms with Crippen LogP contribution < -0.4 is 0 Å². The van der Waals surface area contributed by atoms with Gasteiger partial charge in [-0.25, -0.2) is 9.97 Å². The van der Waals surface area contributed by atoms with Crippen molar-refractivity contribution in [1.82, 2.24) is 9.97 Å². The normalized spacial score (nSPS) is 10.7. The maximum atomic E-state index is 5.68. The number of halogens is 1. The molecule has 0 unspecified atom stereocenters. The van der Waals surface area contributed by atoms with Gasteiger partial charge in [0.2, 0.25) is 0 Å². The van der Waals surface area contributed by atoms with Gasteiger partial charge in [-0.3, -0.25) is 0 Å². The Balaban J connectivity index is 2.82. The quantitative estimate of drug-likeness (QED) is 0.589.